The number of carbonyl (C=O) groups is 2. The molecule has 0 spiro atoms. The van der Waals surface area contributed by atoms with Crippen LogP contribution in [0.2, 0.25) is 0 Å². The number of ether oxygens (including phenoxy) is 1. The third-order valence-electron chi connectivity index (χ3n) is 7.00. The first-order valence-electron chi connectivity index (χ1n) is 13.8. The monoisotopic (exact) mass is 554 g/mol. The molecule has 1 unspecified atom stereocenters. The third-order valence-corrected chi connectivity index (χ3v) is 7.00. The number of alkyl halides is 3. The summed E-state index contributed by atoms with van der Waals surface area (Å²) in [6.45, 7) is 6.01. The van der Waals surface area contributed by atoms with E-state index in [2.05, 4.69) is 6.92 Å². The molecule has 4 nitrogen and oxygen atoms in total. The van der Waals surface area contributed by atoms with Gasteiger partial charge in [0.25, 0.3) is 0 Å². The minimum Gasteiger partial charge on any atom is -0.486 e. The van der Waals surface area contributed by atoms with Crippen LogP contribution in [0.3, 0.4) is 0 Å². The highest BCUT2D eigenvalue weighted by Gasteiger charge is 2.30. The van der Waals surface area contributed by atoms with Gasteiger partial charge in [0.05, 0.1) is 5.56 Å². The zero-order valence-electron chi connectivity index (χ0n) is 23.3. The molecular weight excluding hydrogens is 517 g/mol. The van der Waals surface area contributed by atoms with Gasteiger partial charge in [-0.1, -0.05) is 62.6 Å². The molecule has 7 heteroatoms. The van der Waals surface area contributed by atoms with Crippen molar-refractivity contribution in [1.29, 1.82) is 0 Å². The first-order chi connectivity index (χ1) is 19.0. The molecule has 0 saturated carbocycles. The summed E-state index contributed by atoms with van der Waals surface area (Å²) in [5, 5.41) is 8.80. The van der Waals surface area contributed by atoms with Gasteiger partial charge >= 0.3 is 12.1 Å². The summed E-state index contributed by atoms with van der Waals surface area (Å²) in [5.74, 6) is -0.317. The van der Waals surface area contributed by atoms with E-state index in [9.17, 15) is 22.8 Å². The number of hydrogen-bond donors (Lipinski definition) is 1. The number of unbranched alkanes of at least 4 members (excludes halogenated alkanes) is 3. The molecule has 1 atom stereocenters. The fourth-order valence-corrected chi connectivity index (χ4v) is 4.92. The number of hydrogen-bond acceptors (Lipinski definition) is 3. The van der Waals surface area contributed by atoms with E-state index < -0.39 is 17.7 Å². The largest absolute Gasteiger partial charge is 0.486 e. The molecule has 0 aliphatic heterocycles. The first-order valence-corrected chi connectivity index (χ1v) is 13.8. The van der Waals surface area contributed by atoms with Crippen LogP contribution in [-0.2, 0) is 11.0 Å². The average molecular weight is 555 g/mol. The highest BCUT2D eigenvalue weighted by Crippen LogP contribution is 2.36. The van der Waals surface area contributed by atoms with Crippen molar-refractivity contribution < 1.29 is 32.6 Å². The summed E-state index contributed by atoms with van der Waals surface area (Å²) >= 11 is 0. The Morgan fingerprint density at radius 3 is 2.02 bits per heavy atom. The minimum atomic E-state index is -4.38. The van der Waals surface area contributed by atoms with E-state index in [1.807, 2.05) is 38.1 Å². The first kappa shape index (κ1) is 30.9. The molecule has 0 saturated heterocycles. The number of ketones is 1. The molecule has 40 heavy (non-hydrogen) atoms. The fraction of sp³-hybridized carbons (Fsp3) is 0.394. The molecule has 0 heterocycles. The molecule has 3 aromatic rings. The van der Waals surface area contributed by atoms with Crippen LogP contribution in [0.1, 0.15) is 97.0 Å². The Morgan fingerprint density at radius 1 is 0.850 bits per heavy atom. The van der Waals surface area contributed by atoms with Crippen molar-refractivity contribution in [2.75, 3.05) is 0 Å². The normalized spacial score (nSPS) is 12.2. The van der Waals surface area contributed by atoms with E-state index in [-0.39, 0.29) is 24.7 Å². The van der Waals surface area contributed by atoms with Crippen LogP contribution < -0.4 is 4.74 Å². The zero-order valence-corrected chi connectivity index (χ0v) is 23.3. The van der Waals surface area contributed by atoms with Crippen LogP contribution >= 0.6 is 0 Å². The van der Waals surface area contributed by atoms with Gasteiger partial charge in [-0.25, -0.2) is 0 Å². The van der Waals surface area contributed by atoms with Gasteiger partial charge in [-0.05, 0) is 85.2 Å². The maximum Gasteiger partial charge on any atom is 0.416 e. The Labute approximate surface area is 234 Å². The van der Waals surface area contributed by atoms with Crippen molar-refractivity contribution in [3.05, 3.63) is 88.5 Å². The van der Waals surface area contributed by atoms with Crippen LogP contribution in [0.5, 0.6) is 5.75 Å². The van der Waals surface area contributed by atoms with Crippen LogP contribution in [-0.4, -0.2) is 16.9 Å². The van der Waals surface area contributed by atoms with E-state index in [0.717, 1.165) is 66.5 Å². The van der Waals surface area contributed by atoms with Gasteiger partial charge in [-0.2, -0.15) is 13.2 Å². The van der Waals surface area contributed by atoms with Gasteiger partial charge in [0, 0.05) is 18.4 Å². The number of benzene rings is 3. The fourth-order valence-electron chi connectivity index (χ4n) is 4.92. The SMILES string of the molecule is CCCCCCC(Oc1cc(C)c(-c2ccc(C(F)(F)F)cc2)c(C)c1)c1ccc(C(=O)CCCC(=O)O)cc1. The maximum atomic E-state index is 13.0. The van der Waals surface area contributed by atoms with Crippen molar-refractivity contribution in [3.63, 3.8) is 0 Å². The molecule has 0 aliphatic rings. The van der Waals surface area contributed by atoms with Crippen LogP contribution in [0.4, 0.5) is 13.2 Å². The number of rotatable bonds is 14. The maximum absolute atomic E-state index is 13.0. The molecule has 0 aliphatic carbocycles. The van der Waals surface area contributed by atoms with E-state index in [4.69, 9.17) is 9.84 Å². The second-order valence-electron chi connectivity index (χ2n) is 10.3. The van der Waals surface area contributed by atoms with Crippen molar-refractivity contribution in [3.8, 4) is 16.9 Å². The highest BCUT2D eigenvalue weighted by molar-refractivity contribution is 5.96. The topological polar surface area (TPSA) is 63.6 Å². The molecule has 3 aromatic carbocycles. The lowest BCUT2D eigenvalue weighted by Gasteiger charge is -2.22. The number of Topliss-reactive ketones (excluding diaryl/α,β-unsaturated/α-hetero) is 1. The molecule has 1 N–H and O–H groups in total. The number of aliphatic carboxylic acids is 1. The van der Waals surface area contributed by atoms with Crippen LogP contribution in [0, 0.1) is 13.8 Å². The van der Waals surface area contributed by atoms with Gasteiger partial charge in [0.1, 0.15) is 11.9 Å². The summed E-state index contributed by atoms with van der Waals surface area (Å²) in [5.41, 5.74) is 4.22. The zero-order chi connectivity index (χ0) is 29.3. The number of carboxylic acids is 1. The Balaban J connectivity index is 1.80. The lowest BCUT2D eigenvalue weighted by atomic mass is 9.94. The molecule has 0 radical (unpaired) electrons. The van der Waals surface area contributed by atoms with Crippen molar-refractivity contribution >= 4 is 11.8 Å². The number of carbonyl (C=O) groups excluding carboxylic acids is 1. The summed E-state index contributed by atoms with van der Waals surface area (Å²) in [6, 6.07) is 16.4. The van der Waals surface area contributed by atoms with Crippen LogP contribution in [0.25, 0.3) is 11.1 Å². The highest BCUT2D eigenvalue weighted by atomic mass is 19.4. The van der Waals surface area contributed by atoms with Crippen molar-refractivity contribution in [2.45, 2.75) is 84.4 Å². The lowest BCUT2D eigenvalue weighted by Crippen LogP contribution is -2.09. The summed E-state index contributed by atoms with van der Waals surface area (Å²) < 4.78 is 45.5. The molecule has 0 bridgehead atoms. The quantitative estimate of drug-likeness (QED) is 0.159. The van der Waals surface area contributed by atoms with Crippen molar-refractivity contribution in [2.24, 2.45) is 0 Å². The van der Waals surface area contributed by atoms with Gasteiger partial charge in [-0.3, -0.25) is 9.59 Å². The Bertz CT molecular complexity index is 1260. The van der Waals surface area contributed by atoms with E-state index in [1.54, 1.807) is 12.1 Å². The summed E-state index contributed by atoms with van der Waals surface area (Å²) in [7, 11) is 0. The van der Waals surface area contributed by atoms with E-state index in [0.29, 0.717) is 23.3 Å². The lowest BCUT2D eigenvalue weighted by molar-refractivity contribution is -0.138. The van der Waals surface area contributed by atoms with Gasteiger partial charge in [0.15, 0.2) is 5.78 Å². The molecule has 0 fully saturated rings. The molecule has 3 rings (SSSR count). The second kappa shape index (κ2) is 14.1. The number of halogens is 3. The van der Waals surface area contributed by atoms with E-state index >= 15 is 0 Å². The Kier molecular flexibility index (Phi) is 10.9. The Morgan fingerprint density at radius 2 is 1.48 bits per heavy atom. The minimum absolute atomic E-state index is 0.0337. The smallest absolute Gasteiger partial charge is 0.416 e. The second-order valence-corrected chi connectivity index (χ2v) is 10.3. The van der Waals surface area contributed by atoms with E-state index in [1.165, 1.54) is 12.1 Å². The van der Waals surface area contributed by atoms with Crippen molar-refractivity contribution in [1.82, 2.24) is 0 Å². The predicted molar refractivity (Wildman–Crippen MR) is 151 cm³/mol. The number of carboxylic acid groups (broad SMARTS) is 1. The van der Waals surface area contributed by atoms with Gasteiger partial charge in [-0.15, -0.1) is 0 Å². The number of aryl methyl sites for hydroxylation is 2. The van der Waals surface area contributed by atoms with Gasteiger partial charge < -0.3 is 9.84 Å². The summed E-state index contributed by atoms with van der Waals surface area (Å²) in [6.07, 6.45) is 0.967. The summed E-state index contributed by atoms with van der Waals surface area (Å²) in [4.78, 5) is 23.2. The molecule has 0 amide bonds. The predicted octanol–water partition coefficient (Wildman–Crippen LogP) is 9.52. The van der Waals surface area contributed by atoms with Gasteiger partial charge in [0.2, 0.25) is 0 Å². The third kappa shape index (κ3) is 8.70. The molecular formula is C33H37F3O4. The van der Waals surface area contributed by atoms with Crippen LogP contribution in [0.15, 0.2) is 60.7 Å². The molecule has 214 valence electrons. The molecule has 0 aromatic heterocycles. The Hall–Kier alpha value is -3.61. The standard InChI is InChI=1S/C33H37F3O4/c1-4-5-6-7-10-30(25-14-12-24(13-15-25)29(37)9-8-11-31(38)39)40-28-20-22(2)32(23(3)21-28)26-16-18-27(19-17-26)33(34,35)36/h12-21,30H,4-11H2,1-3H3,(H,38,39). The average Bonchev–Trinajstić information content (AvgIpc) is 2.89.